The Labute approximate surface area is 158 Å². The third-order valence-electron chi connectivity index (χ3n) is 5.80. The first-order valence-electron chi connectivity index (χ1n) is 9.51. The molecular weight excluding hydrogens is 346 g/mol. The molecule has 0 atom stereocenters. The summed E-state index contributed by atoms with van der Waals surface area (Å²) in [6, 6.07) is 14.7. The number of carbonyl (C=O) groups excluding carboxylic acids is 1. The average molecular weight is 370 g/mol. The van der Waals surface area contributed by atoms with Gasteiger partial charge in [-0.25, -0.2) is 8.78 Å². The van der Waals surface area contributed by atoms with E-state index >= 15 is 0 Å². The molecule has 5 heteroatoms. The number of amides is 1. The van der Waals surface area contributed by atoms with E-state index in [4.69, 9.17) is 0 Å². The fourth-order valence-electron chi connectivity index (χ4n) is 3.84. The zero-order valence-electron chi connectivity index (χ0n) is 15.2. The van der Waals surface area contributed by atoms with Crippen LogP contribution in [0.1, 0.15) is 46.3 Å². The maximum Gasteiger partial charge on any atom is 0.263 e. The molecule has 1 saturated carbocycles. The number of nitrogens with one attached hydrogen (secondary N) is 2. The highest BCUT2D eigenvalue weighted by molar-refractivity contribution is 5.94. The van der Waals surface area contributed by atoms with Gasteiger partial charge in [0.25, 0.3) is 12.3 Å². The molecule has 142 valence electrons. The number of alkyl halides is 2. The van der Waals surface area contributed by atoms with Gasteiger partial charge in [-0.15, -0.1) is 0 Å². The lowest BCUT2D eigenvalue weighted by atomic mass is 10.1. The van der Waals surface area contributed by atoms with Crippen LogP contribution in [0.2, 0.25) is 0 Å². The largest absolute Gasteiger partial charge is 0.351 e. The van der Waals surface area contributed by atoms with E-state index in [1.54, 1.807) is 6.07 Å². The molecule has 0 aliphatic heterocycles. The van der Waals surface area contributed by atoms with Crippen LogP contribution in [0.3, 0.4) is 0 Å². The summed E-state index contributed by atoms with van der Waals surface area (Å²) in [6.45, 7) is 1.46. The number of benzene rings is 2. The maximum absolute atomic E-state index is 12.8. The summed E-state index contributed by atoms with van der Waals surface area (Å²) >= 11 is 0. The van der Waals surface area contributed by atoms with Crippen molar-refractivity contribution < 1.29 is 13.6 Å². The van der Waals surface area contributed by atoms with Crippen LogP contribution in [0.15, 0.2) is 48.5 Å². The smallest absolute Gasteiger partial charge is 0.263 e. The van der Waals surface area contributed by atoms with Gasteiger partial charge in [-0.2, -0.15) is 0 Å². The molecule has 0 spiro atoms. The summed E-state index contributed by atoms with van der Waals surface area (Å²) in [5.41, 5.74) is 3.12. The third kappa shape index (κ3) is 4.19. The van der Waals surface area contributed by atoms with Gasteiger partial charge in [0.15, 0.2) is 0 Å². The molecule has 4 rings (SSSR count). The van der Waals surface area contributed by atoms with Crippen molar-refractivity contribution in [2.75, 3.05) is 13.1 Å². The normalized spacial score (nSPS) is 17.7. The van der Waals surface area contributed by atoms with Crippen molar-refractivity contribution in [3.05, 3.63) is 70.8 Å². The van der Waals surface area contributed by atoms with E-state index in [-0.39, 0.29) is 16.9 Å². The number of rotatable bonds is 7. The summed E-state index contributed by atoms with van der Waals surface area (Å²) in [7, 11) is 0. The van der Waals surface area contributed by atoms with Gasteiger partial charge in [0.05, 0.1) is 0 Å². The second-order valence-electron chi connectivity index (χ2n) is 7.86. The topological polar surface area (TPSA) is 41.1 Å². The standard InChI is InChI=1S/C22H24F2N2O/c23-20(24)17-6-3-7-18(10-17)21(27)26-14-22(8-9-22)13-25-19-11-15-4-1-2-5-16(15)12-19/h1-7,10,19-20,25H,8-9,11-14H2,(H,26,27). The van der Waals surface area contributed by atoms with Crippen LogP contribution in [0, 0.1) is 5.41 Å². The van der Waals surface area contributed by atoms with Crippen molar-refractivity contribution in [2.24, 2.45) is 5.41 Å². The molecule has 0 aromatic heterocycles. The Morgan fingerprint density at radius 2 is 1.74 bits per heavy atom. The summed E-state index contributed by atoms with van der Waals surface area (Å²) in [5, 5.41) is 6.60. The van der Waals surface area contributed by atoms with Crippen molar-refractivity contribution in [3.8, 4) is 0 Å². The maximum atomic E-state index is 12.8. The molecule has 2 aliphatic rings. The van der Waals surface area contributed by atoms with Crippen molar-refractivity contribution in [3.63, 3.8) is 0 Å². The third-order valence-corrected chi connectivity index (χ3v) is 5.80. The van der Waals surface area contributed by atoms with E-state index in [9.17, 15) is 13.6 Å². The van der Waals surface area contributed by atoms with Gasteiger partial charge in [0, 0.05) is 35.7 Å². The van der Waals surface area contributed by atoms with E-state index in [0.717, 1.165) is 32.2 Å². The quantitative estimate of drug-likeness (QED) is 0.776. The fourth-order valence-corrected chi connectivity index (χ4v) is 3.84. The van der Waals surface area contributed by atoms with Gasteiger partial charge in [-0.05, 0) is 48.9 Å². The van der Waals surface area contributed by atoms with Gasteiger partial charge in [-0.1, -0.05) is 36.4 Å². The monoisotopic (exact) mass is 370 g/mol. The van der Waals surface area contributed by atoms with Crippen molar-refractivity contribution >= 4 is 5.91 Å². The second kappa shape index (κ2) is 7.39. The van der Waals surface area contributed by atoms with Crippen LogP contribution < -0.4 is 10.6 Å². The van der Waals surface area contributed by atoms with Crippen LogP contribution in [-0.4, -0.2) is 25.0 Å². The zero-order chi connectivity index (χ0) is 18.9. The number of carbonyl (C=O) groups is 1. The molecule has 2 N–H and O–H groups in total. The molecule has 0 radical (unpaired) electrons. The predicted molar refractivity (Wildman–Crippen MR) is 101 cm³/mol. The van der Waals surface area contributed by atoms with E-state index < -0.39 is 6.43 Å². The van der Waals surface area contributed by atoms with Crippen molar-refractivity contribution in [1.82, 2.24) is 10.6 Å². The lowest BCUT2D eigenvalue weighted by Crippen LogP contribution is -2.40. The molecule has 0 unspecified atom stereocenters. The Hall–Kier alpha value is -2.27. The van der Waals surface area contributed by atoms with Crippen LogP contribution in [-0.2, 0) is 12.8 Å². The molecule has 27 heavy (non-hydrogen) atoms. The first-order valence-corrected chi connectivity index (χ1v) is 9.51. The van der Waals surface area contributed by atoms with Crippen molar-refractivity contribution in [1.29, 1.82) is 0 Å². The number of hydrogen-bond acceptors (Lipinski definition) is 2. The predicted octanol–water partition coefficient (Wildman–Crippen LogP) is 3.89. The molecule has 1 amide bonds. The SMILES string of the molecule is O=C(NCC1(CNC2Cc3ccccc3C2)CC1)c1cccc(C(F)F)c1. The van der Waals surface area contributed by atoms with Gasteiger partial charge in [0.2, 0.25) is 0 Å². The van der Waals surface area contributed by atoms with Crippen LogP contribution in [0.5, 0.6) is 0 Å². The molecule has 2 aromatic rings. The molecule has 2 aliphatic carbocycles. The van der Waals surface area contributed by atoms with Crippen LogP contribution >= 0.6 is 0 Å². The Morgan fingerprint density at radius 3 is 2.37 bits per heavy atom. The second-order valence-corrected chi connectivity index (χ2v) is 7.86. The fraction of sp³-hybridized carbons (Fsp3) is 0.409. The summed E-state index contributed by atoms with van der Waals surface area (Å²) in [4.78, 5) is 12.3. The highest BCUT2D eigenvalue weighted by Crippen LogP contribution is 2.44. The summed E-state index contributed by atoms with van der Waals surface area (Å²) < 4.78 is 25.6. The first kappa shape index (κ1) is 18.1. The molecule has 3 nitrogen and oxygen atoms in total. The number of hydrogen-bond donors (Lipinski definition) is 2. The average Bonchev–Trinajstić information content (AvgIpc) is 3.34. The van der Waals surface area contributed by atoms with Crippen LogP contribution in [0.4, 0.5) is 8.78 Å². The van der Waals surface area contributed by atoms with E-state index in [1.165, 1.54) is 29.3 Å². The Morgan fingerprint density at radius 1 is 1.04 bits per heavy atom. The van der Waals surface area contributed by atoms with E-state index in [1.807, 2.05) is 0 Å². The highest BCUT2D eigenvalue weighted by Gasteiger charge is 2.43. The number of fused-ring (bicyclic) bond motifs is 1. The minimum Gasteiger partial charge on any atom is -0.351 e. The Kier molecular flexibility index (Phi) is 4.96. The van der Waals surface area contributed by atoms with Gasteiger partial charge < -0.3 is 10.6 Å². The molecule has 0 saturated heterocycles. The van der Waals surface area contributed by atoms with Gasteiger partial charge in [0.1, 0.15) is 0 Å². The van der Waals surface area contributed by atoms with E-state index in [0.29, 0.717) is 18.2 Å². The number of halogens is 2. The molecule has 2 aromatic carbocycles. The van der Waals surface area contributed by atoms with Gasteiger partial charge in [-0.3, -0.25) is 4.79 Å². The highest BCUT2D eigenvalue weighted by atomic mass is 19.3. The Bertz CT molecular complexity index is 808. The summed E-state index contributed by atoms with van der Waals surface area (Å²) in [6.07, 6.45) is 1.71. The molecule has 0 bridgehead atoms. The minimum absolute atomic E-state index is 0.102. The van der Waals surface area contributed by atoms with Crippen LogP contribution in [0.25, 0.3) is 0 Å². The Balaban J connectivity index is 1.27. The van der Waals surface area contributed by atoms with E-state index in [2.05, 4.69) is 34.9 Å². The molecule has 1 fully saturated rings. The lowest BCUT2D eigenvalue weighted by molar-refractivity contribution is 0.0944. The molecular formula is C22H24F2N2O. The lowest BCUT2D eigenvalue weighted by Gasteiger charge is -2.20. The minimum atomic E-state index is -2.56. The zero-order valence-corrected chi connectivity index (χ0v) is 15.2. The van der Waals surface area contributed by atoms with Crippen molar-refractivity contribution in [2.45, 2.75) is 38.2 Å². The first-order chi connectivity index (χ1) is 13.0. The molecule has 0 heterocycles. The summed E-state index contributed by atoms with van der Waals surface area (Å²) in [5.74, 6) is -0.281. The van der Waals surface area contributed by atoms with Gasteiger partial charge >= 0.3 is 0 Å².